The number of hydrogen-bond donors (Lipinski definition) is 2. The summed E-state index contributed by atoms with van der Waals surface area (Å²) in [5.74, 6) is -0.868. The van der Waals surface area contributed by atoms with Gasteiger partial charge in [-0.25, -0.2) is 8.42 Å². The highest BCUT2D eigenvalue weighted by molar-refractivity contribution is 7.90. The second kappa shape index (κ2) is 8.28. The third-order valence-electron chi connectivity index (χ3n) is 3.87. The Kier molecular flexibility index (Phi) is 6.95. The van der Waals surface area contributed by atoms with Crippen LogP contribution in [0.3, 0.4) is 0 Å². The fraction of sp³-hybridized carbons (Fsp3) is 0.529. The van der Waals surface area contributed by atoms with Crippen molar-refractivity contribution in [3.8, 4) is 0 Å². The predicted octanol–water partition coefficient (Wildman–Crippen LogP) is 2.36. The van der Waals surface area contributed by atoms with Crippen molar-refractivity contribution in [3.05, 3.63) is 28.8 Å². The minimum absolute atomic E-state index is 0.0857. The van der Waals surface area contributed by atoms with Gasteiger partial charge in [-0.3, -0.25) is 4.79 Å². The van der Waals surface area contributed by atoms with Gasteiger partial charge in [-0.15, -0.1) is 0 Å². The molecule has 7 heteroatoms. The van der Waals surface area contributed by atoms with E-state index in [1.807, 2.05) is 19.9 Å². The van der Waals surface area contributed by atoms with E-state index in [1.165, 1.54) is 6.07 Å². The molecular formula is C17H27N3O3S. The number of hydrogen-bond acceptors (Lipinski definition) is 3. The van der Waals surface area contributed by atoms with E-state index >= 15 is 0 Å². The van der Waals surface area contributed by atoms with E-state index in [0.29, 0.717) is 6.42 Å². The predicted molar refractivity (Wildman–Crippen MR) is 97.0 cm³/mol. The van der Waals surface area contributed by atoms with E-state index in [1.54, 1.807) is 0 Å². The molecule has 0 saturated heterocycles. The summed E-state index contributed by atoms with van der Waals surface area (Å²) >= 11 is 0. The number of amides is 1. The van der Waals surface area contributed by atoms with Crippen molar-refractivity contribution in [1.29, 1.82) is 0 Å². The molecule has 0 radical (unpaired) electrons. The van der Waals surface area contributed by atoms with Crippen LogP contribution in [0.2, 0.25) is 0 Å². The normalized spacial score (nSPS) is 12.7. The van der Waals surface area contributed by atoms with Crippen LogP contribution in [0, 0.1) is 0 Å². The summed E-state index contributed by atoms with van der Waals surface area (Å²) in [6.45, 7) is 6.05. The van der Waals surface area contributed by atoms with E-state index in [0.717, 1.165) is 36.6 Å². The van der Waals surface area contributed by atoms with E-state index < -0.39 is 15.7 Å². The highest BCUT2D eigenvalue weighted by Gasteiger charge is 2.23. The molecule has 0 fully saturated rings. The zero-order valence-corrected chi connectivity index (χ0v) is 15.6. The van der Waals surface area contributed by atoms with Gasteiger partial charge in [-0.1, -0.05) is 39.7 Å². The van der Waals surface area contributed by atoms with Crippen molar-refractivity contribution in [2.24, 2.45) is 16.5 Å². The summed E-state index contributed by atoms with van der Waals surface area (Å²) in [6, 6.07) is 3.26. The monoisotopic (exact) mass is 353 g/mol. The molecule has 1 aromatic carbocycles. The van der Waals surface area contributed by atoms with Crippen LogP contribution in [0.5, 0.6) is 0 Å². The molecule has 1 atom stereocenters. The number of carbonyl (C=O) groups excluding carboxylic acids is 1. The Morgan fingerprint density at radius 2 is 1.83 bits per heavy atom. The quantitative estimate of drug-likeness (QED) is 0.576. The van der Waals surface area contributed by atoms with E-state index in [4.69, 9.17) is 11.5 Å². The number of aryl methyl sites for hydroxylation is 1. The van der Waals surface area contributed by atoms with Crippen LogP contribution in [-0.4, -0.2) is 26.5 Å². The second-order valence-corrected chi connectivity index (χ2v) is 8.09. The highest BCUT2D eigenvalue weighted by atomic mass is 32.2. The Balaban J connectivity index is 3.66. The van der Waals surface area contributed by atoms with Gasteiger partial charge in [-0.2, -0.15) is 4.99 Å². The first-order valence-electron chi connectivity index (χ1n) is 8.12. The topological polar surface area (TPSA) is 116 Å². The van der Waals surface area contributed by atoms with Gasteiger partial charge in [0.15, 0.2) is 15.8 Å². The molecule has 6 nitrogen and oxygen atoms in total. The number of sulfone groups is 1. The fourth-order valence-electron chi connectivity index (χ4n) is 2.79. The van der Waals surface area contributed by atoms with Gasteiger partial charge in [0, 0.05) is 11.8 Å². The summed E-state index contributed by atoms with van der Waals surface area (Å²) in [4.78, 5) is 16.0. The maximum atomic E-state index is 12.3. The molecule has 1 rings (SSSR count). The molecule has 4 N–H and O–H groups in total. The highest BCUT2D eigenvalue weighted by Crippen LogP contribution is 2.31. The smallest absolute Gasteiger partial charge is 0.280 e. The first-order valence-corrected chi connectivity index (χ1v) is 10.0. The molecule has 0 spiro atoms. The van der Waals surface area contributed by atoms with Crippen LogP contribution >= 0.6 is 0 Å². The van der Waals surface area contributed by atoms with Crippen molar-refractivity contribution < 1.29 is 13.2 Å². The molecule has 0 aromatic heterocycles. The molecule has 0 aliphatic carbocycles. The third kappa shape index (κ3) is 5.06. The molecular weight excluding hydrogens is 326 g/mol. The zero-order valence-electron chi connectivity index (χ0n) is 14.8. The average Bonchev–Trinajstić information content (AvgIpc) is 2.45. The molecule has 0 bridgehead atoms. The van der Waals surface area contributed by atoms with Gasteiger partial charge < -0.3 is 11.5 Å². The van der Waals surface area contributed by atoms with E-state index in [2.05, 4.69) is 11.9 Å². The van der Waals surface area contributed by atoms with Crippen LogP contribution in [0.15, 0.2) is 22.0 Å². The van der Waals surface area contributed by atoms with Gasteiger partial charge in [0.05, 0.1) is 4.90 Å². The number of rotatable bonds is 7. The molecule has 0 heterocycles. The molecule has 1 amide bonds. The van der Waals surface area contributed by atoms with Gasteiger partial charge in [0.25, 0.3) is 5.91 Å². The number of carbonyl (C=O) groups is 1. The van der Waals surface area contributed by atoms with Crippen molar-refractivity contribution in [2.75, 3.05) is 6.26 Å². The molecule has 134 valence electrons. The van der Waals surface area contributed by atoms with Gasteiger partial charge in [0.2, 0.25) is 0 Å². The van der Waals surface area contributed by atoms with Crippen LogP contribution in [0.25, 0.3) is 0 Å². The van der Waals surface area contributed by atoms with Crippen LogP contribution in [-0.2, 0) is 16.3 Å². The molecule has 0 aliphatic heterocycles. The van der Waals surface area contributed by atoms with Crippen molar-refractivity contribution in [1.82, 2.24) is 0 Å². The average molecular weight is 353 g/mol. The van der Waals surface area contributed by atoms with Crippen LogP contribution in [0.1, 0.15) is 67.4 Å². The Labute approximate surface area is 144 Å². The Morgan fingerprint density at radius 1 is 1.21 bits per heavy atom. The van der Waals surface area contributed by atoms with E-state index in [9.17, 15) is 13.2 Å². The minimum Gasteiger partial charge on any atom is -0.370 e. The van der Waals surface area contributed by atoms with Crippen molar-refractivity contribution >= 4 is 21.7 Å². The third-order valence-corrected chi connectivity index (χ3v) is 5.02. The number of nitrogens with two attached hydrogens (primary N) is 2. The summed E-state index contributed by atoms with van der Waals surface area (Å²) in [7, 11) is -3.48. The molecule has 0 saturated carbocycles. The number of aliphatic imine (C=N–C) groups is 1. The summed E-state index contributed by atoms with van der Waals surface area (Å²) in [5, 5.41) is 0. The fourth-order valence-corrected chi connectivity index (χ4v) is 3.81. The molecule has 1 aromatic rings. The van der Waals surface area contributed by atoms with Crippen molar-refractivity contribution in [3.63, 3.8) is 0 Å². The van der Waals surface area contributed by atoms with Crippen molar-refractivity contribution in [2.45, 2.75) is 57.3 Å². The standard InChI is InChI=1S/C17H27N3O3S/c1-5-7-11(3)13-9-12(8-6-2)14(16(21)20-17(18)19)10-15(13)24(4,22)23/h9-11H,5-8H2,1-4H3,(H4,18,19,20,21). The second-order valence-electron chi connectivity index (χ2n) is 6.10. The first-order chi connectivity index (χ1) is 11.1. The zero-order chi connectivity index (χ0) is 18.5. The summed E-state index contributed by atoms with van der Waals surface area (Å²) in [6.07, 6.45) is 4.44. The van der Waals surface area contributed by atoms with Crippen LogP contribution < -0.4 is 11.5 Å². The number of nitrogens with zero attached hydrogens (tertiary/aromatic N) is 1. The SMILES string of the molecule is CCCc1cc(C(C)CCC)c(S(C)(=O)=O)cc1C(=O)N=C(N)N. The van der Waals surface area contributed by atoms with E-state index in [-0.39, 0.29) is 22.3 Å². The molecule has 1 unspecified atom stereocenters. The lowest BCUT2D eigenvalue weighted by Gasteiger charge is -2.18. The Morgan fingerprint density at radius 3 is 2.29 bits per heavy atom. The van der Waals surface area contributed by atoms with Gasteiger partial charge in [-0.05, 0) is 36.0 Å². The number of guanidine groups is 1. The lowest BCUT2D eigenvalue weighted by molar-refractivity contribution is 0.100. The van der Waals surface area contributed by atoms with Gasteiger partial charge in [0.1, 0.15) is 0 Å². The Hall–Kier alpha value is -1.89. The molecule has 0 aliphatic rings. The van der Waals surface area contributed by atoms with Gasteiger partial charge >= 0.3 is 0 Å². The minimum atomic E-state index is -3.48. The lowest BCUT2D eigenvalue weighted by atomic mass is 9.91. The maximum Gasteiger partial charge on any atom is 0.280 e. The number of benzene rings is 1. The lowest BCUT2D eigenvalue weighted by Crippen LogP contribution is -2.24. The molecule has 24 heavy (non-hydrogen) atoms. The van der Waals surface area contributed by atoms with Crippen LogP contribution in [0.4, 0.5) is 0 Å². The summed E-state index contributed by atoms with van der Waals surface area (Å²) < 4.78 is 24.5. The summed E-state index contributed by atoms with van der Waals surface area (Å²) in [5.41, 5.74) is 12.3. The largest absolute Gasteiger partial charge is 0.370 e. The Bertz CT molecular complexity index is 736. The first kappa shape index (κ1) is 20.2. The maximum absolute atomic E-state index is 12.3.